The van der Waals surface area contributed by atoms with Crippen LogP contribution >= 0.6 is 0 Å². The van der Waals surface area contributed by atoms with Gasteiger partial charge in [-0.05, 0) is 6.42 Å². The standard InChI is InChI=1S/C12H24N2O/c1-2-3-4-5-6-12(15)11-14-9-7-13-8-10-14/h13H,2-11H2,1H3. The zero-order chi connectivity index (χ0) is 10.9. The number of hydrogen-bond acceptors (Lipinski definition) is 3. The van der Waals surface area contributed by atoms with E-state index in [4.69, 9.17) is 0 Å². The largest absolute Gasteiger partial charge is 0.314 e. The maximum Gasteiger partial charge on any atom is 0.146 e. The minimum absolute atomic E-state index is 0.424. The Bertz CT molecular complexity index is 176. The van der Waals surface area contributed by atoms with Crippen molar-refractivity contribution < 1.29 is 4.79 Å². The highest BCUT2D eigenvalue weighted by Crippen LogP contribution is 2.04. The number of nitrogens with zero attached hydrogens (tertiary/aromatic N) is 1. The minimum atomic E-state index is 0.424. The van der Waals surface area contributed by atoms with Crippen molar-refractivity contribution in [3.8, 4) is 0 Å². The average molecular weight is 212 g/mol. The monoisotopic (exact) mass is 212 g/mol. The predicted molar refractivity (Wildman–Crippen MR) is 63.1 cm³/mol. The number of unbranched alkanes of at least 4 members (excludes halogenated alkanes) is 3. The van der Waals surface area contributed by atoms with Gasteiger partial charge in [-0.15, -0.1) is 0 Å². The first kappa shape index (κ1) is 12.7. The second-order valence-corrected chi connectivity index (χ2v) is 4.38. The summed E-state index contributed by atoms with van der Waals surface area (Å²) in [6.45, 7) is 6.99. The molecule has 0 bridgehead atoms. The van der Waals surface area contributed by atoms with Gasteiger partial charge in [0.25, 0.3) is 0 Å². The summed E-state index contributed by atoms with van der Waals surface area (Å²) in [5.41, 5.74) is 0. The van der Waals surface area contributed by atoms with Crippen LogP contribution in [-0.4, -0.2) is 43.4 Å². The van der Waals surface area contributed by atoms with Crippen molar-refractivity contribution in [2.24, 2.45) is 0 Å². The first-order valence-electron chi connectivity index (χ1n) is 6.27. The quantitative estimate of drug-likeness (QED) is 0.648. The summed E-state index contributed by atoms with van der Waals surface area (Å²) >= 11 is 0. The molecule has 0 saturated carbocycles. The lowest BCUT2D eigenvalue weighted by molar-refractivity contribution is -0.120. The highest BCUT2D eigenvalue weighted by atomic mass is 16.1. The molecule has 1 saturated heterocycles. The Balaban J connectivity index is 2.01. The normalized spacial score (nSPS) is 17.9. The molecule has 3 heteroatoms. The maximum atomic E-state index is 11.6. The summed E-state index contributed by atoms with van der Waals surface area (Å²) in [6, 6.07) is 0. The smallest absolute Gasteiger partial charge is 0.146 e. The van der Waals surface area contributed by atoms with E-state index in [9.17, 15) is 4.79 Å². The molecule has 1 aliphatic rings. The number of carbonyl (C=O) groups is 1. The van der Waals surface area contributed by atoms with E-state index in [0.717, 1.165) is 39.0 Å². The zero-order valence-electron chi connectivity index (χ0n) is 9.93. The van der Waals surface area contributed by atoms with Gasteiger partial charge in [0.2, 0.25) is 0 Å². The Morgan fingerprint density at radius 2 is 1.93 bits per heavy atom. The molecule has 0 amide bonds. The molecule has 88 valence electrons. The Labute approximate surface area is 93.2 Å². The Kier molecular flexibility index (Phi) is 6.60. The summed E-state index contributed by atoms with van der Waals surface area (Å²) in [5, 5.41) is 3.29. The lowest BCUT2D eigenvalue weighted by atomic mass is 10.1. The van der Waals surface area contributed by atoms with Crippen LogP contribution in [0, 0.1) is 0 Å². The summed E-state index contributed by atoms with van der Waals surface area (Å²) in [7, 11) is 0. The van der Waals surface area contributed by atoms with Crippen LogP contribution in [0.3, 0.4) is 0 Å². The van der Waals surface area contributed by atoms with E-state index in [1.807, 2.05) is 0 Å². The fourth-order valence-electron chi connectivity index (χ4n) is 1.95. The molecule has 0 aliphatic carbocycles. The van der Waals surface area contributed by atoms with E-state index < -0.39 is 0 Å². The SMILES string of the molecule is CCCCCCC(=O)CN1CCNCC1. The van der Waals surface area contributed by atoms with Gasteiger partial charge in [-0.3, -0.25) is 9.69 Å². The highest BCUT2D eigenvalue weighted by molar-refractivity contribution is 5.80. The summed E-state index contributed by atoms with van der Waals surface area (Å²) < 4.78 is 0. The van der Waals surface area contributed by atoms with Gasteiger partial charge in [-0.1, -0.05) is 26.2 Å². The Morgan fingerprint density at radius 1 is 1.20 bits per heavy atom. The summed E-state index contributed by atoms with van der Waals surface area (Å²) in [4.78, 5) is 13.9. The minimum Gasteiger partial charge on any atom is -0.314 e. The summed E-state index contributed by atoms with van der Waals surface area (Å²) in [6.07, 6.45) is 5.58. The highest BCUT2D eigenvalue weighted by Gasteiger charge is 2.12. The molecule has 3 nitrogen and oxygen atoms in total. The van der Waals surface area contributed by atoms with Crippen LogP contribution in [0.4, 0.5) is 0 Å². The Morgan fingerprint density at radius 3 is 2.60 bits per heavy atom. The van der Waals surface area contributed by atoms with Gasteiger partial charge >= 0.3 is 0 Å². The Hall–Kier alpha value is -0.410. The molecule has 1 fully saturated rings. The van der Waals surface area contributed by atoms with Gasteiger partial charge < -0.3 is 5.32 Å². The van der Waals surface area contributed by atoms with E-state index in [2.05, 4.69) is 17.1 Å². The van der Waals surface area contributed by atoms with Crippen LogP contribution in [0.1, 0.15) is 39.0 Å². The number of hydrogen-bond donors (Lipinski definition) is 1. The van der Waals surface area contributed by atoms with Crippen LogP contribution in [0.2, 0.25) is 0 Å². The molecule has 1 rings (SSSR count). The number of ketones is 1. The topological polar surface area (TPSA) is 32.3 Å². The van der Waals surface area contributed by atoms with E-state index in [1.54, 1.807) is 0 Å². The molecule has 0 aromatic carbocycles. The van der Waals surface area contributed by atoms with Crippen molar-refractivity contribution in [3.05, 3.63) is 0 Å². The van der Waals surface area contributed by atoms with Crippen molar-refractivity contribution in [3.63, 3.8) is 0 Å². The zero-order valence-corrected chi connectivity index (χ0v) is 9.93. The molecule has 1 aliphatic heterocycles. The third-order valence-corrected chi connectivity index (χ3v) is 2.92. The van der Waals surface area contributed by atoms with Crippen molar-refractivity contribution in [1.29, 1.82) is 0 Å². The van der Waals surface area contributed by atoms with E-state index in [-0.39, 0.29) is 0 Å². The van der Waals surface area contributed by atoms with Crippen molar-refractivity contribution in [2.45, 2.75) is 39.0 Å². The van der Waals surface area contributed by atoms with Crippen LogP contribution in [0.25, 0.3) is 0 Å². The van der Waals surface area contributed by atoms with Gasteiger partial charge in [0.15, 0.2) is 0 Å². The molecule has 0 atom stereocenters. The molecule has 0 radical (unpaired) electrons. The maximum absolute atomic E-state index is 11.6. The van der Waals surface area contributed by atoms with Gasteiger partial charge in [0.1, 0.15) is 5.78 Å². The fourth-order valence-corrected chi connectivity index (χ4v) is 1.95. The van der Waals surface area contributed by atoms with Crippen molar-refractivity contribution in [1.82, 2.24) is 10.2 Å². The molecule has 0 unspecified atom stereocenters. The first-order chi connectivity index (χ1) is 7.33. The molecule has 0 spiro atoms. The van der Waals surface area contributed by atoms with Gasteiger partial charge in [-0.2, -0.15) is 0 Å². The number of carbonyl (C=O) groups excluding carboxylic acids is 1. The number of nitrogens with one attached hydrogen (secondary N) is 1. The van der Waals surface area contributed by atoms with Crippen LogP contribution < -0.4 is 5.32 Å². The third kappa shape index (κ3) is 5.90. The van der Waals surface area contributed by atoms with Gasteiger partial charge in [0, 0.05) is 32.6 Å². The summed E-state index contributed by atoms with van der Waals surface area (Å²) in [5.74, 6) is 0.424. The van der Waals surface area contributed by atoms with E-state index in [1.165, 1.54) is 19.3 Å². The van der Waals surface area contributed by atoms with E-state index >= 15 is 0 Å². The molecular weight excluding hydrogens is 188 g/mol. The van der Waals surface area contributed by atoms with Crippen molar-refractivity contribution >= 4 is 5.78 Å². The van der Waals surface area contributed by atoms with E-state index in [0.29, 0.717) is 12.3 Å². The predicted octanol–water partition coefficient (Wildman–Crippen LogP) is 1.43. The fraction of sp³-hybridized carbons (Fsp3) is 0.917. The number of Topliss-reactive ketones (excluding diaryl/α,β-unsaturated/α-hetero) is 1. The molecule has 15 heavy (non-hydrogen) atoms. The van der Waals surface area contributed by atoms with Crippen LogP contribution in [-0.2, 0) is 4.79 Å². The molecule has 0 aromatic heterocycles. The molecule has 1 heterocycles. The van der Waals surface area contributed by atoms with Gasteiger partial charge in [-0.25, -0.2) is 0 Å². The number of piperazine rings is 1. The molecule has 0 aromatic rings. The van der Waals surface area contributed by atoms with Gasteiger partial charge in [0.05, 0.1) is 6.54 Å². The number of rotatable bonds is 7. The molecular formula is C12H24N2O. The second kappa shape index (κ2) is 7.83. The lowest BCUT2D eigenvalue weighted by Crippen LogP contribution is -2.45. The average Bonchev–Trinajstić information content (AvgIpc) is 2.26. The van der Waals surface area contributed by atoms with Crippen LogP contribution in [0.5, 0.6) is 0 Å². The van der Waals surface area contributed by atoms with Crippen molar-refractivity contribution in [2.75, 3.05) is 32.7 Å². The first-order valence-corrected chi connectivity index (χ1v) is 6.27. The lowest BCUT2D eigenvalue weighted by Gasteiger charge is -2.26. The van der Waals surface area contributed by atoms with Crippen LogP contribution in [0.15, 0.2) is 0 Å². The second-order valence-electron chi connectivity index (χ2n) is 4.38. The third-order valence-electron chi connectivity index (χ3n) is 2.92. The molecule has 1 N–H and O–H groups in total.